The van der Waals surface area contributed by atoms with Crippen molar-refractivity contribution in [1.82, 2.24) is 19.9 Å². The first-order valence-electron chi connectivity index (χ1n) is 14.4. The second-order valence-electron chi connectivity index (χ2n) is 9.93. The van der Waals surface area contributed by atoms with Crippen LogP contribution in [0.3, 0.4) is 0 Å². The van der Waals surface area contributed by atoms with Crippen molar-refractivity contribution < 1.29 is 14.6 Å². The molecule has 2 aromatic carbocycles. The Morgan fingerprint density at radius 3 is 2.81 bits per heavy atom. The molecule has 220 valence electrons. The van der Waals surface area contributed by atoms with E-state index in [2.05, 4.69) is 39.2 Å². The summed E-state index contributed by atoms with van der Waals surface area (Å²) < 4.78 is 7.69. The van der Waals surface area contributed by atoms with Gasteiger partial charge in [0.25, 0.3) is 0 Å². The van der Waals surface area contributed by atoms with Gasteiger partial charge < -0.3 is 30.8 Å². The molecular formula is C31H38N8O3. The number of benzene rings is 2. The van der Waals surface area contributed by atoms with Gasteiger partial charge in [0.15, 0.2) is 11.8 Å². The maximum absolute atomic E-state index is 10.7. The maximum Gasteiger partial charge on any atom is 0.305 e. The monoisotopic (exact) mass is 570 g/mol. The Hall–Kier alpha value is -4.69. The molecule has 0 fully saturated rings. The van der Waals surface area contributed by atoms with Gasteiger partial charge in [-0.05, 0) is 43.5 Å². The summed E-state index contributed by atoms with van der Waals surface area (Å²) in [5, 5.41) is 25.5. The summed E-state index contributed by atoms with van der Waals surface area (Å²) in [5.41, 5.74) is 10.3. The van der Waals surface area contributed by atoms with Gasteiger partial charge in [0.05, 0.1) is 42.3 Å². The van der Waals surface area contributed by atoms with Crippen LogP contribution in [0.5, 0.6) is 0 Å². The molecule has 11 nitrogen and oxygen atoms in total. The molecule has 0 bridgehead atoms. The number of nitrogens with two attached hydrogens (primary N) is 1. The van der Waals surface area contributed by atoms with Gasteiger partial charge >= 0.3 is 5.97 Å². The minimum absolute atomic E-state index is 0.0363. The third kappa shape index (κ3) is 8.17. The number of nitriles is 1. The van der Waals surface area contributed by atoms with Crippen molar-refractivity contribution in [3.8, 4) is 6.07 Å². The van der Waals surface area contributed by atoms with Gasteiger partial charge in [-0.2, -0.15) is 5.26 Å². The van der Waals surface area contributed by atoms with Gasteiger partial charge in [0, 0.05) is 37.1 Å². The molecular weight excluding hydrogens is 532 g/mol. The van der Waals surface area contributed by atoms with Crippen LogP contribution in [0.1, 0.15) is 50.4 Å². The van der Waals surface area contributed by atoms with Crippen LogP contribution in [0, 0.1) is 11.3 Å². The van der Waals surface area contributed by atoms with E-state index in [-0.39, 0.29) is 13.0 Å². The number of aliphatic carboxylic acids is 1. The third-order valence-electron chi connectivity index (χ3n) is 6.76. The number of fused-ring (bicyclic) bond motifs is 3. The fourth-order valence-electron chi connectivity index (χ4n) is 4.69. The molecule has 4 rings (SSSR count). The Morgan fingerprint density at radius 2 is 2.00 bits per heavy atom. The number of carboxylic acids is 1. The van der Waals surface area contributed by atoms with E-state index in [9.17, 15) is 10.1 Å². The SMILES string of the molecule is CCCCc1nc2c(N)nc3ccccc3c2n1CCCCN=C(NCCOCCC(=O)O)Nc1cccc(C#N)c1. The molecule has 0 amide bonds. The van der Waals surface area contributed by atoms with E-state index in [0.29, 0.717) is 37.0 Å². The van der Waals surface area contributed by atoms with Crippen molar-refractivity contribution in [3.05, 3.63) is 59.9 Å². The topological polar surface area (TPSA) is 163 Å². The third-order valence-corrected chi connectivity index (χ3v) is 6.76. The van der Waals surface area contributed by atoms with Crippen LogP contribution in [0.4, 0.5) is 11.5 Å². The number of aromatic nitrogens is 3. The highest BCUT2D eigenvalue weighted by Crippen LogP contribution is 2.29. The quantitative estimate of drug-likeness (QED) is 0.0900. The molecule has 11 heteroatoms. The largest absolute Gasteiger partial charge is 0.481 e. The number of para-hydroxylation sites is 1. The van der Waals surface area contributed by atoms with Crippen molar-refractivity contribution in [1.29, 1.82) is 5.26 Å². The molecule has 0 unspecified atom stereocenters. The predicted molar refractivity (Wildman–Crippen MR) is 165 cm³/mol. The predicted octanol–water partition coefficient (Wildman–Crippen LogP) is 4.71. The van der Waals surface area contributed by atoms with E-state index in [1.165, 1.54) is 0 Å². The number of nitrogens with one attached hydrogen (secondary N) is 2. The number of ether oxygens (including phenoxy) is 1. The van der Waals surface area contributed by atoms with Crippen molar-refractivity contribution in [2.45, 2.75) is 52.0 Å². The second-order valence-corrected chi connectivity index (χ2v) is 9.93. The van der Waals surface area contributed by atoms with E-state index < -0.39 is 5.97 Å². The first-order chi connectivity index (χ1) is 20.5. The number of nitrogens with zero attached hydrogens (tertiary/aromatic N) is 5. The molecule has 0 aliphatic rings. The van der Waals surface area contributed by atoms with E-state index in [0.717, 1.165) is 72.1 Å². The first kappa shape index (κ1) is 30.3. The van der Waals surface area contributed by atoms with Crippen LogP contribution in [0.25, 0.3) is 21.9 Å². The lowest BCUT2D eigenvalue weighted by molar-refractivity contribution is -0.138. The number of imidazole rings is 1. The van der Waals surface area contributed by atoms with E-state index in [4.69, 9.17) is 25.6 Å². The van der Waals surface area contributed by atoms with Crippen molar-refractivity contribution in [2.75, 3.05) is 37.4 Å². The van der Waals surface area contributed by atoms with Gasteiger partial charge in [-0.15, -0.1) is 0 Å². The van der Waals surface area contributed by atoms with Crippen molar-refractivity contribution >= 4 is 45.4 Å². The Bertz CT molecular complexity index is 1570. The van der Waals surface area contributed by atoms with Crippen LogP contribution in [0.2, 0.25) is 0 Å². The number of unbranched alkanes of at least 4 members (excludes halogenated alkanes) is 2. The minimum Gasteiger partial charge on any atom is -0.481 e. The zero-order valence-corrected chi connectivity index (χ0v) is 24.0. The minimum atomic E-state index is -0.890. The lowest BCUT2D eigenvalue weighted by atomic mass is 10.2. The number of pyridine rings is 1. The lowest BCUT2D eigenvalue weighted by Gasteiger charge is -2.13. The van der Waals surface area contributed by atoms with Crippen LogP contribution in [0.15, 0.2) is 53.5 Å². The van der Waals surface area contributed by atoms with E-state index in [1.807, 2.05) is 30.3 Å². The van der Waals surface area contributed by atoms with Crippen LogP contribution >= 0.6 is 0 Å². The van der Waals surface area contributed by atoms with Gasteiger partial charge in [0.2, 0.25) is 0 Å². The summed E-state index contributed by atoms with van der Waals surface area (Å²) in [4.78, 5) is 24.9. The van der Waals surface area contributed by atoms with Crippen LogP contribution < -0.4 is 16.4 Å². The van der Waals surface area contributed by atoms with Crippen molar-refractivity contribution in [3.63, 3.8) is 0 Å². The summed E-state index contributed by atoms with van der Waals surface area (Å²) in [6.07, 6.45) is 4.70. The number of aliphatic imine (C=N–C) groups is 1. The first-order valence-corrected chi connectivity index (χ1v) is 14.4. The molecule has 4 aromatic rings. The number of hydrogen-bond donors (Lipinski definition) is 4. The summed E-state index contributed by atoms with van der Waals surface area (Å²) in [5.74, 6) is 1.16. The number of hydrogen-bond acceptors (Lipinski definition) is 7. The number of carbonyl (C=O) groups is 1. The highest BCUT2D eigenvalue weighted by Gasteiger charge is 2.16. The molecule has 2 heterocycles. The summed E-state index contributed by atoms with van der Waals surface area (Å²) in [6.45, 7) is 4.49. The van der Waals surface area contributed by atoms with Gasteiger partial charge in [-0.3, -0.25) is 9.79 Å². The van der Waals surface area contributed by atoms with Crippen LogP contribution in [-0.4, -0.2) is 57.9 Å². The number of carboxylic acid groups (broad SMARTS) is 1. The molecule has 42 heavy (non-hydrogen) atoms. The summed E-state index contributed by atoms with van der Waals surface area (Å²) >= 11 is 0. The zero-order valence-electron chi connectivity index (χ0n) is 24.0. The Labute approximate surface area is 245 Å². The molecule has 0 aliphatic carbocycles. The average molecular weight is 571 g/mol. The molecule has 0 spiro atoms. The summed E-state index contributed by atoms with van der Waals surface area (Å²) in [7, 11) is 0. The maximum atomic E-state index is 10.7. The van der Waals surface area contributed by atoms with E-state index in [1.54, 1.807) is 12.1 Å². The lowest BCUT2D eigenvalue weighted by Crippen LogP contribution is -2.33. The van der Waals surface area contributed by atoms with Gasteiger partial charge in [0.1, 0.15) is 11.3 Å². The average Bonchev–Trinajstić information content (AvgIpc) is 3.36. The summed E-state index contributed by atoms with van der Waals surface area (Å²) in [6, 6.07) is 17.4. The highest BCUT2D eigenvalue weighted by molar-refractivity contribution is 6.06. The number of rotatable bonds is 15. The Morgan fingerprint density at radius 1 is 1.14 bits per heavy atom. The smallest absolute Gasteiger partial charge is 0.305 e. The molecule has 0 atom stereocenters. The Kier molecular flexibility index (Phi) is 11.1. The number of anilines is 2. The number of nitrogen functional groups attached to an aromatic ring is 1. The molecule has 0 saturated carbocycles. The molecule has 0 saturated heterocycles. The number of guanidine groups is 1. The second kappa shape index (κ2) is 15.3. The molecule has 0 aliphatic heterocycles. The molecule has 5 N–H and O–H groups in total. The highest BCUT2D eigenvalue weighted by atomic mass is 16.5. The van der Waals surface area contributed by atoms with Crippen LogP contribution in [-0.2, 0) is 22.5 Å². The molecule has 2 aromatic heterocycles. The standard InChI is InChI=1S/C31H38N8O3/c1-2-3-13-26-38-28-29(24-11-4-5-12-25(24)37-30(28)33)39(26)17-7-6-15-34-31(35-16-19-42-18-14-27(40)41)36-23-10-8-9-22(20-23)21-32/h4-5,8-12,20H,2-3,6-7,13-19H2,1H3,(H2,33,37)(H,40,41)(H2,34,35,36). The zero-order chi connectivity index (χ0) is 29.7. The van der Waals surface area contributed by atoms with Crippen molar-refractivity contribution in [2.24, 2.45) is 4.99 Å². The number of aryl methyl sites for hydroxylation is 2. The van der Waals surface area contributed by atoms with E-state index >= 15 is 0 Å². The fraction of sp³-hybridized carbons (Fsp3) is 0.387. The van der Waals surface area contributed by atoms with Gasteiger partial charge in [-0.25, -0.2) is 9.97 Å². The normalized spacial score (nSPS) is 11.6. The Balaban J connectivity index is 1.44. The molecule has 0 radical (unpaired) electrons. The fourth-order valence-corrected chi connectivity index (χ4v) is 4.69. The van der Waals surface area contributed by atoms with Gasteiger partial charge in [-0.1, -0.05) is 37.6 Å².